The maximum Gasteiger partial charge on any atom is 0.120 e. The van der Waals surface area contributed by atoms with E-state index in [1.165, 1.54) is 0 Å². The van der Waals surface area contributed by atoms with Crippen LogP contribution in [0.3, 0.4) is 0 Å². The number of nitrogens with two attached hydrogens (primary N) is 2. The van der Waals surface area contributed by atoms with Gasteiger partial charge in [0.2, 0.25) is 0 Å². The Balaban J connectivity index is 3.55. The normalized spacial score (nSPS) is 12.7. The van der Waals surface area contributed by atoms with E-state index in [9.17, 15) is 5.11 Å². The number of hydrogen-bond acceptors (Lipinski definition) is 3. The second-order valence-corrected chi connectivity index (χ2v) is 5.43. The number of rotatable bonds is 6. The molecule has 0 heterocycles. The fourth-order valence-corrected chi connectivity index (χ4v) is 2.71. The maximum absolute atomic E-state index is 10.3. The molecule has 0 radical (unpaired) electrons. The smallest absolute Gasteiger partial charge is 0.120 e. The van der Waals surface area contributed by atoms with Crippen LogP contribution in [0.2, 0.25) is 0 Å². The molecule has 1 rings (SSSR count). The summed E-state index contributed by atoms with van der Waals surface area (Å²) in [6, 6.07) is 5.57. The minimum atomic E-state index is -0.518. The second kappa shape index (κ2) is 5.93. The zero-order chi connectivity index (χ0) is 14.7. The van der Waals surface area contributed by atoms with E-state index in [2.05, 4.69) is 27.7 Å². The molecule has 0 saturated carbocycles. The minimum Gasteiger partial charge on any atom is -0.508 e. The Kier molecular flexibility index (Phi) is 4.99. The van der Waals surface area contributed by atoms with Gasteiger partial charge in [-0.05, 0) is 37.3 Å². The van der Waals surface area contributed by atoms with Crippen molar-refractivity contribution in [1.82, 2.24) is 0 Å². The van der Waals surface area contributed by atoms with Crippen LogP contribution in [-0.4, -0.2) is 5.11 Å². The summed E-state index contributed by atoms with van der Waals surface area (Å²) in [6.45, 7) is 8.26. The van der Waals surface area contributed by atoms with Gasteiger partial charge in [0, 0.05) is 16.6 Å². The summed E-state index contributed by atoms with van der Waals surface area (Å²) in [5.41, 5.74) is 13.9. The number of aromatic hydroxyl groups is 1. The molecule has 5 N–H and O–H groups in total. The zero-order valence-electron chi connectivity index (χ0n) is 12.7. The number of phenolic OH excluding ortho intramolecular Hbond substituents is 1. The summed E-state index contributed by atoms with van der Waals surface area (Å²) in [5.74, 6) is 0.264. The van der Waals surface area contributed by atoms with Crippen molar-refractivity contribution in [2.75, 3.05) is 0 Å². The van der Waals surface area contributed by atoms with Gasteiger partial charge >= 0.3 is 0 Å². The Morgan fingerprint density at radius 3 is 1.79 bits per heavy atom. The van der Waals surface area contributed by atoms with Gasteiger partial charge in [-0.25, -0.2) is 0 Å². The Morgan fingerprint density at radius 2 is 1.37 bits per heavy atom. The van der Waals surface area contributed by atoms with Crippen LogP contribution in [0.25, 0.3) is 0 Å². The highest BCUT2D eigenvalue weighted by atomic mass is 16.3. The fourth-order valence-electron chi connectivity index (χ4n) is 2.71. The molecule has 0 fully saturated rings. The molecule has 19 heavy (non-hydrogen) atoms. The molecule has 0 amide bonds. The highest BCUT2D eigenvalue weighted by Gasteiger charge is 2.35. The van der Waals surface area contributed by atoms with Crippen molar-refractivity contribution in [2.24, 2.45) is 11.5 Å². The van der Waals surface area contributed by atoms with Gasteiger partial charge in [0.25, 0.3) is 0 Å². The monoisotopic (exact) mass is 264 g/mol. The topological polar surface area (TPSA) is 72.3 Å². The first-order valence-corrected chi connectivity index (χ1v) is 7.29. The highest BCUT2D eigenvalue weighted by molar-refractivity contribution is 5.47. The first-order chi connectivity index (χ1) is 8.88. The SMILES string of the molecule is CCC(N)(CC)c1cccc(O)c1C(N)(CC)CC. The van der Waals surface area contributed by atoms with Gasteiger partial charge in [0.1, 0.15) is 5.75 Å². The van der Waals surface area contributed by atoms with Crippen molar-refractivity contribution in [3.05, 3.63) is 29.3 Å². The van der Waals surface area contributed by atoms with Crippen LogP contribution in [0.5, 0.6) is 5.75 Å². The molecule has 0 atom stereocenters. The lowest BCUT2D eigenvalue weighted by Gasteiger charge is -2.37. The molecule has 108 valence electrons. The zero-order valence-corrected chi connectivity index (χ0v) is 12.7. The predicted octanol–water partition coefficient (Wildman–Crippen LogP) is 3.34. The van der Waals surface area contributed by atoms with Crippen LogP contribution in [-0.2, 0) is 11.1 Å². The molecule has 0 unspecified atom stereocenters. The van der Waals surface area contributed by atoms with Gasteiger partial charge in [-0.3, -0.25) is 0 Å². The maximum atomic E-state index is 10.3. The minimum absolute atomic E-state index is 0.264. The molecule has 1 aromatic rings. The van der Waals surface area contributed by atoms with Gasteiger partial charge in [-0.2, -0.15) is 0 Å². The van der Waals surface area contributed by atoms with Crippen molar-refractivity contribution in [1.29, 1.82) is 0 Å². The standard InChI is InChI=1S/C16H28N2O/c1-5-15(17,6-2)12-10-9-11-13(19)14(12)16(18,7-3)8-4/h9-11,19H,5-8,17-18H2,1-4H3. The molecular weight excluding hydrogens is 236 g/mol. The van der Waals surface area contributed by atoms with Crippen LogP contribution in [0.4, 0.5) is 0 Å². The van der Waals surface area contributed by atoms with Crippen LogP contribution in [0, 0.1) is 0 Å². The molecule has 0 aromatic heterocycles. The first kappa shape index (κ1) is 16.0. The third kappa shape index (κ3) is 2.77. The van der Waals surface area contributed by atoms with Gasteiger partial charge in [-0.15, -0.1) is 0 Å². The van der Waals surface area contributed by atoms with E-state index in [0.29, 0.717) is 0 Å². The van der Waals surface area contributed by atoms with E-state index < -0.39 is 11.1 Å². The quantitative estimate of drug-likeness (QED) is 0.738. The lowest BCUT2D eigenvalue weighted by Crippen LogP contribution is -2.42. The first-order valence-electron chi connectivity index (χ1n) is 7.29. The summed E-state index contributed by atoms with van der Waals surface area (Å²) >= 11 is 0. The van der Waals surface area contributed by atoms with Gasteiger partial charge in [-0.1, -0.05) is 39.8 Å². The molecular formula is C16H28N2O. The average Bonchev–Trinajstić information content (AvgIpc) is 2.45. The van der Waals surface area contributed by atoms with Crippen molar-refractivity contribution < 1.29 is 5.11 Å². The Morgan fingerprint density at radius 1 is 0.895 bits per heavy atom. The summed E-state index contributed by atoms with van der Waals surface area (Å²) in [7, 11) is 0. The average molecular weight is 264 g/mol. The van der Waals surface area contributed by atoms with Crippen LogP contribution in [0.15, 0.2) is 18.2 Å². The van der Waals surface area contributed by atoms with Crippen LogP contribution < -0.4 is 11.5 Å². The molecule has 0 aliphatic rings. The third-order valence-electron chi connectivity index (χ3n) is 4.60. The van der Waals surface area contributed by atoms with Crippen molar-refractivity contribution in [3.8, 4) is 5.75 Å². The highest BCUT2D eigenvalue weighted by Crippen LogP contribution is 2.40. The second-order valence-electron chi connectivity index (χ2n) is 5.43. The van der Waals surface area contributed by atoms with Gasteiger partial charge < -0.3 is 16.6 Å². The van der Waals surface area contributed by atoms with Crippen molar-refractivity contribution in [3.63, 3.8) is 0 Å². The Hall–Kier alpha value is -1.06. The molecule has 0 saturated heterocycles. The Bertz CT molecular complexity index is 421. The lowest BCUT2D eigenvalue weighted by atomic mass is 9.74. The third-order valence-corrected chi connectivity index (χ3v) is 4.60. The molecule has 3 heteroatoms. The molecule has 0 aliphatic carbocycles. The summed E-state index contributed by atoms with van der Waals surface area (Å²) < 4.78 is 0. The summed E-state index contributed by atoms with van der Waals surface area (Å²) in [5, 5.41) is 10.3. The van der Waals surface area contributed by atoms with Crippen molar-refractivity contribution >= 4 is 0 Å². The van der Waals surface area contributed by atoms with E-state index in [-0.39, 0.29) is 5.75 Å². The van der Waals surface area contributed by atoms with E-state index in [0.717, 1.165) is 36.8 Å². The Labute approximate surface area is 117 Å². The van der Waals surface area contributed by atoms with E-state index in [1.807, 2.05) is 12.1 Å². The van der Waals surface area contributed by atoms with E-state index >= 15 is 0 Å². The van der Waals surface area contributed by atoms with Crippen LogP contribution in [0.1, 0.15) is 64.5 Å². The van der Waals surface area contributed by atoms with Gasteiger partial charge in [0.05, 0.1) is 0 Å². The predicted molar refractivity (Wildman–Crippen MR) is 81.0 cm³/mol. The fraction of sp³-hybridized carbons (Fsp3) is 0.625. The number of hydrogen-bond donors (Lipinski definition) is 3. The molecule has 0 aliphatic heterocycles. The lowest BCUT2D eigenvalue weighted by molar-refractivity contribution is 0.349. The molecule has 3 nitrogen and oxygen atoms in total. The number of benzene rings is 1. The number of phenols is 1. The van der Waals surface area contributed by atoms with Gasteiger partial charge in [0.15, 0.2) is 0 Å². The van der Waals surface area contributed by atoms with E-state index in [4.69, 9.17) is 11.5 Å². The molecule has 1 aromatic carbocycles. The summed E-state index contributed by atoms with van der Waals surface area (Å²) in [6.07, 6.45) is 3.20. The van der Waals surface area contributed by atoms with Crippen LogP contribution >= 0.6 is 0 Å². The van der Waals surface area contributed by atoms with Crippen molar-refractivity contribution in [2.45, 2.75) is 64.5 Å². The molecule has 0 spiro atoms. The molecule has 0 bridgehead atoms. The largest absolute Gasteiger partial charge is 0.508 e. The van der Waals surface area contributed by atoms with E-state index in [1.54, 1.807) is 6.07 Å². The summed E-state index contributed by atoms with van der Waals surface area (Å²) in [4.78, 5) is 0.